The average Bonchev–Trinajstić information content (AvgIpc) is 2.37. The van der Waals surface area contributed by atoms with Crippen LogP contribution >= 0.6 is 15.9 Å². The predicted molar refractivity (Wildman–Crippen MR) is 84.7 cm³/mol. The smallest absolute Gasteiger partial charge is 0.314 e. The molecule has 2 aromatic rings. The van der Waals surface area contributed by atoms with Crippen LogP contribution in [0.15, 0.2) is 40.9 Å². The standard InChI is InChI=1S/C15H15BrN2O3/c1-9-4-3-5-13(15(9)18(19)20)21-14-8-11(16)6-7-12(14)10(2)17/h3-8,10H,17H2,1-2H3. The summed E-state index contributed by atoms with van der Waals surface area (Å²) in [6, 6.07) is 10.2. The summed E-state index contributed by atoms with van der Waals surface area (Å²) in [6.45, 7) is 3.51. The number of benzene rings is 2. The van der Waals surface area contributed by atoms with Crippen molar-refractivity contribution in [2.24, 2.45) is 5.73 Å². The van der Waals surface area contributed by atoms with Crippen LogP contribution in [-0.2, 0) is 0 Å². The van der Waals surface area contributed by atoms with Crippen molar-refractivity contribution in [3.8, 4) is 11.5 Å². The fourth-order valence-electron chi connectivity index (χ4n) is 2.04. The summed E-state index contributed by atoms with van der Waals surface area (Å²) in [4.78, 5) is 10.8. The number of nitrogens with zero attached hydrogens (tertiary/aromatic N) is 1. The third-order valence-electron chi connectivity index (χ3n) is 3.07. The lowest BCUT2D eigenvalue weighted by atomic mass is 10.1. The zero-order chi connectivity index (χ0) is 15.6. The summed E-state index contributed by atoms with van der Waals surface area (Å²) < 4.78 is 6.59. The van der Waals surface area contributed by atoms with E-state index >= 15 is 0 Å². The van der Waals surface area contributed by atoms with Gasteiger partial charge in [-0.1, -0.05) is 34.1 Å². The Bertz CT molecular complexity index is 687. The van der Waals surface area contributed by atoms with Gasteiger partial charge in [-0.2, -0.15) is 0 Å². The zero-order valence-electron chi connectivity index (χ0n) is 11.7. The van der Waals surface area contributed by atoms with Crippen LogP contribution in [0.5, 0.6) is 11.5 Å². The summed E-state index contributed by atoms with van der Waals surface area (Å²) in [5, 5.41) is 11.2. The SMILES string of the molecule is Cc1cccc(Oc2cc(Br)ccc2C(C)N)c1[N+](=O)[O-]. The summed E-state index contributed by atoms with van der Waals surface area (Å²) >= 11 is 3.37. The van der Waals surface area contributed by atoms with Gasteiger partial charge in [-0.25, -0.2) is 0 Å². The highest BCUT2D eigenvalue weighted by Gasteiger charge is 2.20. The van der Waals surface area contributed by atoms with Crippen molar-refractivity contribution in [3.63, 3.8) is 0 Å². The number of para-hydroxylation sites is 1. The monoisotopic (exact) mass is 350 g/mol. The van der Waals surface area contributed by atoms with Gasteiger partial charge in [0.2, 0.25) is 5.75 Å². The van der Waals surface area contributed by atoms with Crippen LogP contribution in [0.25, 0.3) is 0 Å². The Kier molecular flexibility index (Phi) is 4.59. The molecule has 0 heterocycles. The van der Waals surface area contributed by atoms with Crippen molar-refractivity contribution < 1.29 is 9.66 Å². The molecule has 2 aromatic carbocycles. The molecule has 1 atom stereocenters. The van der Waals surface area contributed by atoms with Gasteiger partial charge in [-0.05, 0) is 32.0 Å². The van der Waals surface area contributed by atoms with E-state index in [1.165, 1.54) is 0 Å². The maximum atomic E-state index is 11.2. The lowest BCUT2D eigenvalue weighted by Gasteiger charge is -2.14. The largest absolute Gasteiger partial charge is 0.450 e. The molecule has 0 aliphatic heterocycles. The third kappa shape index (κ3) is 3.40. The molecule has 1 unspecified atom stereocenters. The second-order valence-electron chi connectivity index (χ2n) is 4.75. The number of hydrogen-bond donors (Lipinski definition) is 1. The van der Waals surface area contributed by atoms with E-state index in [0.29, 0.717) is 11.3 Å². The van der Waals surface area contributed by atoms with Crippen molar-refractivity contribution in [2.75, 3.05) is 0 Å². The Morgan fingerprint density at radius 3 is 2.62 bits per heavy atom. The van der Waals surface area contributed by atoms with Gasteiger partial charge < -0.3 is 10.5 Å². The first-order valence-corrected chi connectivity index (χ1v) is 7.16. The Balaban J connectivity index is 2.50. The average molecular weight is 351 g/mol. The van der Waals surface area contributed by atoms with Gasteiger partial charge in [-0.3, -0.25) is 10.1 Å². The highest BCUT2D eigenvalue weighted by atomic mass is 79.9. The summed E-state index contributed by atoms with van der Waals surface area (Å²) in [7, 11) is 0. The second kappa shape index (κ2) is 6.24. The molecule has 0 saturated heterocycles. The van der Waals surface area contributed by atoms with E-state index in [4.69, 9.17) is 10.5 Å². The van der Waals surface area contributed by atoms with E-state index in [1.807, 2.05) is 19.1 Å². The van der Waals surface area contributed by atoms with Crippen LogP contribution in [0.2, 0.25) is 0 Å². The van der Waals surface area contributed by atoms with Crippen molar-refractivity contribution in [3.05, 3.63) is 62.1 Å². The number of rotatable bonds is 4. The molecule has 110 valence electrons. The minimum Gasteiger partial charge on any atom is -0.450 e. The van der Waals surface area contributed by atoms with Gasteiger partial charge in [0, 0.05) is 21.6 Å². The van der Waals surface area contributed by atoms with Crippen LogP contribution < -0.4 is 10.5 Å². The normalized spacial score (nSPS) is 12.0. The van der Waals surface area contributed by atoms with Gasteiger partial charge in [-0.15, -0.1) is 0 Å². The van der Waals surface area contributed by atoms with Crippen molar-refractivity contribution in [1.82, 2.24) is 0 Å². The van der Waals surface area contributed by atoms with Crippen molar-refractivity contribution in [2.45, 2.75) is 19.9 Å². The molecule has 0 spiro atoms. The first kappa shape index (κ1) is 15.5. The molecule has 21 heavy (non-hydrogen) atoms. The molecule has 2 rings (SSSR count). The van der Waals surface area contributed by atoms with Crippen LogP contribution in [0, 0.1) is 17.0 Å². The fourth-order valence-corrected chi connectivity index (χ4v) is 2.38. The second-order valence-corrected chi connectivity index (χ2v) is 5.67. The third-order valence-corrected chi connectivity index (χ3v) is 3.56. The summed E-state index contributed by atoms with van der Waals surface area (Å²) in [5.41, 5.74) is 7.22. The number of aryl methyl sites for hydroxylation is 1. The molecule has 0 bridgehead atoms. The molecule has 0 saturated carbocycles. The van der Waals surface area contributed by atoms with Gasteiger partial charge in [0.15, 0.2) is 0 Å². The molecule has 0 fully saturated rings. The molecule has 6 heteroatoms. The van der Waals surface area contributed by atoms with Gasteiger partial charge in [0.05, 0.1) is 4.92 Å². The van der Waals surface area contributed by atoms with E-state index < -0.39 is 4.92 Å². The van der Waals surface area contributed by atoms with Crippen LogP contribution in [0.1, 0.15) is 24.1 Å². The van der Waals surface area contributed by atoms with E-state index in [0.717, 1.165) is 10.0 Å². The van der Waals surface area contributed by atoms with Crippen molar-refractivity contribution in [1.29, 1.82) is 0 Å². The quantitative estimate of drug-likeness (QED) is 0.651. The lowest BCUT2D eigenvalue weighted by Crippen LogP contribution is -2.07. The van der Waals surface area contributed by atoms with Crippen LogP contribution in [0.4, 0.5) is 5.69 Å². The Hall–Kier alpha value is -1.92. The van der Waals surface area contributed by atoms with Crippen LogP contribution in [0.3, 0.4) is 0 Å². The molecule has 0 amide bonds. The van der Waals surface area contributed by atoms with E-state index in [9.17, 15) is 10.1 Å². The number of hydrogen-bond acceptors (Lipinski definition) is 4. The van der Waals surface area contributed by atoms with Gasteiger partial charge in [0.1, 0.15) is 5.75 Å². The van der Waals surface area contributed by atoms with Gasteiger partial charge >= 0.3 is 5.69 Å². The summed E-state index contributed by atoms with van der Waals surface area (Å²) in [5.74, 6) is 0.716. The highest BCUT2D eigenvalue weighted by Crippen LogP contribution is 2.37. The Labute approximate surface area is 131 Å². The molecule has 0 aromatic heterocycles. The zero-order valence-corrected chi connectivity index (χ0v) is 13.3. The lowest BCUT2D eigenvalue weighted by molar-refractivity contribution is -0.386. The molecule has 0 aliphatic rings. The first-order chi connectivity index (χ1) is 9.90. The molecular weight excluding hydrogens is 336 g/mol. The predicted octanol–water partition coefficient (Wildman–Crippen LogP) is 4.48. The van der Waals surface area contributed by atoms with E-state index in [2.05, 4.69) is 15.9 Å². The first-order valence-electron chi connectivity index (χ1n) is 6.37. The molecular formula is C15H15BrN2O3. The molecule has 2 N–H and O–H groups in total. The van der Waals surface area contributed by atoms with E-state index in [1.54, 1.807) is 31.2 Å². The molecule has 5 nitrogen and oxygen atoms in total. The minimum atomic E-state index is -0.436. The van der Waals surface area contributed by atoms with Gasteiger partial charge in [0.25, 0.3) is 0 Å². The number of nitro benzene ring substituents is 1. The van der Waals surface area contributed by atoms with Crippen molar-refractivity contribution >= 4 is 21.6 Å². The maximum Gasteiger partial charge on any atom is 0.314 e. The topological polar surface area (TPSA) is 78.4 Å². The number of ether oxygens (including phenoxy) is 1. The number of halogens is 1. The number of nitrogens with two attached hydrogens (primary N) is 1. The highest BCUT2D eigenvalue weighted by molar-refractivity contribution is 9.10. The summed E-state index contributed by atoms with van der Waals surface area (Å²) in [6.07, 6.45) is 0. The Morgan fingerprint density at radius 1 is 1.29 bits per heavy atom. The number of nitro groups is 1. The minimum absolute atomic E-state index is 0.0342. The van der Waals surface area contributed by atoms with Crippen LogP contribution in [-0.4, -0.2) is 4.92 Å². The fraction of sp³-hybridized carbons (Fsp3) is 0.200. The van der Waals surface area contributed by atoms with E-state index in [-0.39, 0.29) is 17.5 Å². The maximum absolute atomic E-state index is 11.2. The Morgan fingerprint density at radius 2 is 2.00 bits per heavy atom. The molecule has 0 aliphatic carbocycles. The molecule has 0 radical (unpaired) electrons.